The van der Waals surface area contributed by atoms with Crippen molar-refractivity contribution < 1.29 is 16.9 Å². The van der Waals surface area contributed by atoms with Crippen LogP contribution in [0.15, 0.2) is 0 Å². The molecule has 0 saturated heterocycles. The molecule has 5 heavy (non-hydrogen) atoms. The van der Waals surface area contributed by atoms with Crippen LogP contribution in [0.4, 0.5) is 14.1 Å². The van der Waals surface area contributed by atoms with E-state index in [1.54, 1.807) is 0 Å². The Morgan fingerprint density at radius 3 is 0.800 bits per heavy atom. The molecule has 5 heteroatoms. The molecule has 0 unspecified atom stereocenters. The van der Waals surface area contributed by atoms with Gasteiger partial charge in [0.05, 0.1) is 0 Å². The fraction of sp³-hybridized carbons (Fsp3) is 0. The first-order valence-corrected chi connectivity index (χ1v) is 1.60. The summed E-state index contributed by atoms with van der Waals surface area (Å²) in [5.74, 6) is 0. The second-order valence-corrected chi connectivity index (χ2v) is 0. The van der Waals surface area contributed by atoms with Crippen LogP contribution in [0.1, 0.15) is 0 Å². The standard InChI is InChI=1S/Bi.3FH.O/h;3*1H;. The Labute approximate surface area is 42.1 Å². The molecule has 0 spiro atoms. The molecule has 0 heterocycles. The summed E-state index contributed by atoms with van der Waals surface area (Å²) in [5, 5.41) is 0. The zero-order valence-electron chi connectivity index (χ0n) is 2.08. The summed E-state index contributed by atoms with van der Waals surface area (Å²) in [7, 11) is 0. The maximum atomic E-state index is 8.36. The summed E-state index contributed by atoms with van der Waals surface area (Å²) < 4.78 is 8.36. The predicted octanol–water partition coefficient (Wildman–Crippen LogP) is -0.0421. The van der Waals surface area contributed by atoms with Gasteiger partial charge in [-0.05, 0) is 0 Å². The Bertz CT molecular complexity index is 6.85. The molecule has 0 aliphatic heterocycles. The summed E-state index contributed by atoms with van der Waals surface area (Å²) >= 11 is 0.194. The summed E-state index contributed by atoms with van der Waals surface area (Å²) in [5.41, 5.74) is 0. The summed E-state index contributed by atoms with van der Waals surface area (Å²) in [6.45, 7) is 0. The van der Waals surface area contributed by atoms with Gasteiger partial charge in [-0.2, -0.15) is 0 Å². The normalized spacial score (nSPS) is 0.800. The molecule has 1 radical (unpaired) electrons. The van der Waals surface area contributed by atoms with Gasteiger partial charge in [-0.1, -0.05) is 0 Å². The summed E-state index contributed by atoms with van der Waals surface area (Å²) in [6.07, 6.45) is 0. The van der Waals surface area contributed by atoms with Crippen LogP contribution in [0.2, 0.25) is 0 Å². The zero-order valence-corrected chi connectivity index (χ0v) is 5.56. The second kappa shape index (κ2) is 241. The molecule has 1 nitrogen and oxygen atoms in total. The van der Waals surface area contributed by atoms with Crippen LogP contribution in [0.3, 0.4) is 0 Å². The van der Waals surface area contributed by atoms with Crippen molar-refractivity contribution in [1.82, 2.24) is 0 Å². The van der Waals surface area contributed by atoms with E-state index in [1.165, 1.54) is 0 Å². The van der Waals surface area contributed by atoms with Gasteiger partial charge >= 0.3 is 27.5 Å². The van der Waals surface area contributed by atoms with Gasteiger partial charge in [0, 0.05) is 0 Å². The molecule has 0 N–H and O–H groups in total. The zero-order chi connectivity index (χ0) is 2.00. The van der Waals surface area contributed by atoms with Gasteiger partial charge in [0.2, 0.25) is 0 Å². The topological polar surface area (TPSA) is 17.1 Å². The third-order valence-corrected chi connectivity index (χ3v) is 0. The van der Waals surface area contributed by atoms with Gasteiger partial charge in [-0.25, -0.2) is 0 Å². The van der Waals surface area contributed by atoms with Crippen LogP contribution >= 0.6 is 0 Å². The molecule has 0 fully saturated rings. The van der Waals surface area contributed by atoms with Crippen molar-refractivity contribution in [2.45, 2.75) is 0 Å². The van der Waals surface area contributed by atoms with Crippen molar-refractivity contribution in [3.63, 3.8) is 0 Å². The first kappa shape index (κ1) is 50.5. The second-order valence-electron chi connectivity index (χ2n) is 0. The third-order valence-electron chi connectivity index (χ3n) is 0. The van der Waals surface area contributed by atoms with Crippen molar-refractivity contribution >= 4 is 24.7 Å². The molecule has 0 aliphatic carbocycles. The van der Waals surface area contributed by atoms with Gasteiger partial charge in [-0.3, -0.25) is 14.1 Å². The third kappa shape index (κ3) is 122. The Hall–Kier alpha value is 0.473. The van der Waals surface area contributed by atoms with E-state index >= 15 is 0 Å². The van der Waals surface area contributed by atoms with Crippen LogP contribution in [0.5, 0.6) is 0 Å². The van der Waals surface area contributed by atoms with Gasteiger partial charge in [-0.15, -0.1) is 0 Å². The van der Waals surface area contributed by atoms with E-state index in [1.807, 2.05) is 0 Å². The molecule has 0 aromatic rings. The molecular weight excluding hydrogens is 282 g/mol. The Balaban J connectivity index is -0.00000000167. The van der Waals surface area contributed by atoms with E-state index in [2.05, 4.69) is 0 Å². The maximum absolute atomic E-state index is 8.36. The molecule has 0 saturated carbocycles. The Kier molecular flexibility index (Phi) is 2430. The van der Waals surface area contributed by atoms with Gasteiger partial charge < -0.3 is 0 Å². The fourth-order valence-corrected chi connectivity index (χ4v) is 0. The van der Waals surface area contributed by atoms with E-state index in [0.717, 1.165) is 0 Å². The van der Waals surface area contributed by atoms with Gasteiger partial charge in [0.15, 0.2) is 0 Å². The quantitative estimate of drug-likeness (QED) is 0.571. The molecule has 0 aromatic heterocycles. The van der Waals surface area contributed by atoms with Gasteiger partial charge in [0.1, 0.15) is 0 Å². The Morgan fingerprint density at radius 1 is 0.800 bits per heavy atom. The van der Waals surface area contributed by atoms with E-state index in [9.17, 15) is 0 Å². The van der Waals surface area contributed by atoms with Crippen LogP contribution in [-0.2, 0) is 2.81 Å². The van der Waals surface area contributed by atoms with Crippen LogP contribution in [0.25, 0.3) is 0 Å². The molecule has 0 rings (SSSR count). The summed E-state index contributed by atoms with van der Waals surface area (Å²) in [6, 6.07) is 0. The average molecular weight is 285 g/mol. The monoisotopic (exact) mass is 285 g/mol. The van der Waals surface area contributed by atoms with E-state index in [4.69, 9.17) is 2.81 Å². The predicted molar refractivity (Wildman–Crippen MR) is 13.9 cm³/mol. The molecule has 0 bridgehead atoms. The SMILES string of the molecule is F.F.F.[O]=[Bi]. The van der Waals surface area contributed by atoms with Crippen LogP contribution < -0.4 is 0 Å². The minimum absolute atomic E-state index is 0. The fourth-order valence-electron chi connectivity index (χ4n) is 0. The molecule has 0 aliphatic rings. The Morgan fingerprint density at radius 2 is 0.800 bits per heavy atom. The summed E-state index contributed by atoms with van der Waals surface area (Å²) in [4.78, 5) is 0. The first-order chi connectivity index (χ1) is 1.00. The first-order valence-electron chi connectivity index (χ1n) is 0.183. The molecule has 0 aromatic carbocycles. The van der Waals surface area contributed by atoms with Crippen LogP contribution in [0, 0.1) is 0 Å². The van der Waals surface area contributed by atoms with Crippen molar-refractivity contribution in [1.29, 1.82) is 0 Å². The molecule has 35 valence electrons. The molecule has 0 atom stereocenters. The number of halogens is 3. The van der Waals surface area contributed by atoms with Crippen molar-refractivity contribution in [3.05, 3.63) is 0 Å². The van der Waals surface area contributed by atoms with Crippen molar-refractivity contribution in [2.75, 3.05) is 0 Å². The molecular formula is H3BiF3O. The van der Waals surface area contributed by atoms with Crippen LogP contribution in [-0.4, -0.2) is 24.7 Å². The van der Waals surface area contributed by atoms with Crippen molar-refractivity contribution in [2.24, 2.45) is 0 Å². The van der Waals surface area contributed by atoms with Crippen molar-refractivity contribution in [3.8, 4) is 0 Å². The number of rotatable bonds is 0. The van der Waals surface area contributed by atoms with E-state index in [-0.39, 0.29) is 38.8 Å². The average Bonchev–Trinajstić information content (AvgIpc) is 1.00. The van der Waals surface area contributed by atoms with Gasteiger partial charge in [0.25, 0.3) is 0 Å². The number of hydrogen-bond donors (Lipinski definition) is 0. The van der Waals surface area contributed by atoms with E-state index in [0.29, 0.717) is 0 Å². The van der Waals surface area contributed by atoms with E-state index < -0.39 is 0 Å². The minimum atomic E-state index is 0. The molecule has 0 amide bonds. The number of hydrogen-bond acceptors (Lipinski definition) is 1.